The van der Waals surface area contributed by atoms with Gasteiger partial charge in [-0.05, 0) is 46.1 Å². The number of methoxy groups -OCH3 is 1. The molecule has 0 N–H and O–H groups in total. The van der Waals surface area contributed by atoms with Crippen LogP contribution in [0.5, 0.6) is 5.75 Å². The van der Waals surface area contributed by atoms with E-state index in [-0.39, 0.29) is 5.60 Å². The van der Waals surface area contributed by atoms with Crippen molar-refractivity contribution in [3.63, 3.8) is 0 Å². The number of ether oxygens (including phenoxy) is 2. The van der Waals surface area contributed by atoms with E-state index in [1.54, 1.807) is 7.11 Å². The Morgan fingerprint density at radius 1 is 1.22 bits per heavy atom. The van der Waals surface area contributed by atoms with Crippen molar-refractivity contribution in [3.8, 4) is 5.75 Å². The van der Waals surface area contributed by atoms with Crippen molar-refractivity contribution in [2.75, 3.05) is 13.7 Å². The quantitative estimate of drug-likeness (QED) is 0.792. The Morgan fingerprint density at radius 3 is 2.56 bits per heavy atom. The average Bonchev–Trinajstić information content (AvgIpc) is 3.10. The number of rotatable bonds is 2. The first kappa shape index (κ1) is 12.0. The number of hydrogen-bond acceptors (Lipinski definition) is 2. The van der Waals surface area contributed by atoms with E-state index in [1.165, 1.54) is 36.0 Å². The summed E-state index contributed by atoms with van der Waals surface area (Å²) >= 11 is 0. The van der Waals surface area contributed by atoms with Crippen molar-refractivity contribution < 1.29 is 9.47 Å². The van der Waals surface area contributed by atoms with Crippen LogP contribution in [0.25, 0.3) is 0 Å². The SMILES string of the molecule is COC(C)(C)c1cc(C)cc2c1OCCC21CC1. The maximum absolute atomic E-state index is 5.99. The summed E-state index contributed by atoms with van der Waals surface area (Å²) in [6.07, 6.45) is 3.82. The highest BCUT2D eigenvalue weighted by Crippen LogP contribution is 2.57. The van der Waals surface area contributed by atoms with Gasteiger partial charge in [-0.15, -0.1) is 0 Å². The Morgan fingerprint density at radius 2 is 1.94 bits per heavy atom. The minimum absolute atomic E-state index is 0.288. The van der Waals surface area contributed by atoms with Gasteiger partial charge in [-0.1, -0.05) is 11.6 Å². The van der Waals surface area contributed by atoms with Crippen LogP contribution in [0.15, 0.2) is 12.1 Å². The molecular formula is C16H22O2. The minimum atomic E-state index is -0.288. The van der Waals surface area contributed by atoms with E-state index in [4.69, 9.17) is 9.47 Å². The van der Waals surface area contributed by atoms with E-state index in [1.807, 2.05) is 0 Å². The first-order chi connectivity index (χ1) is 8.48. The first-order valence-electron chi connectivity index (χ1n) is 6.82. The highest BCUT2D eigenvalue weighted by Gasteiger charge is 2.49. The van der Waals surface area contributed by atoms with Gasteiger partial charge in [-0.3, -0.25) is 0 Å². The van der Waals surface area contributed by atoms with Gasteiger partial charge in [0.15, 0.2) is 0 Å². The molecule has 18 heavy (non-hydrogen) atoms. The first-order valence-corrected chi connectivity index (χ1v) is 6.82. The van der Waals surface area contributed by atoms with Gasteiger partial charge in [0.05, 0.1) is 12.2 Å². The summed E-state index contributed by atoms with van der Waals surface area (Å²) in [7, 11) is 1.77. The third-order valence-electron chi connectivity index (χ3n) is 4.64. The summed E-state index contributed by atoms with van der Waals surface area (Å²) in [6.45, 7) is 7.24. The molecule has 1 aromatic carbocycles. The predicted molar refractivity (Wildman–Crippen MR) is 72.2 cm³/mol. The maximum atomic E-state index is 5.99. The van der Waals surface area contributed by atoms with Gasteiger partial charge in [0, 0.05) is 23.7 Å². The highest BCUT2D eigenvalue weighted by atomic mass is 16.5. The summed E-state index contributed by atoms with van der Waals surface area (Å²) in [5, 5.41) is 0. The van der Waals surface area contributed by atoms with Gasteiger partial charge in [0.2, 0.25) is 0 Å². The van der Waals surface area contributed by atoms with Gasteiger partial charge in [-0.25, -0.2) is 0 Å². The van der Waals surface area contributed by atoms with Crippen LogP contribution in [0.3, 0.4) is 0 Å². The number of hydrogen-bond donors (Lipinski definition) is 0. The molecule has 1 fully saturated rings. The molecule has 0 radical (unpaired) electrons. The molecule has 3 rings (SSSR count). The second kappa shape index (κ2) is 3.74. The predicted octanol–water partition coefficient (Wildman–Crippen LogP) is 3.69. The summed E-state index contributed by atoms with van der Waals surface area (Å²) in [4.78, 5) is 0. The molecule has 98 valence electrons. The molecular weight excluding hydrogens is 224 g/mol. The zero-order valence-electron chi connectivity index (χ0n) is 11.8. The van der Waals surface area contributed by atoms with Crippen molar-refractivity contribution in [1.82, 2.24) is 0 Å². The summed E-state index contributed by atoms with van der Waals surface area (Å²) in [5.74, 6) is 1.09. The van der Waals surface area contributed by atoms with Crippen molar-refractivity contribution >= 4 is 0 Å². The Hall–Kier alpha value is -1.02. The van der Waals surface area contributed by atoms with E-state index in [0.717, 1.165) is 12.4 Å². The Labute approximate surface area is 109 Å². The topological polar surface area (TPSA) is 18.5 Å². The minimum Gasteiger partial charge on any atom is -0.493 e. The van der Waals surface area contributed by atoms with E-state index in [9.17, 15) is 0 Å². The summed E-state index contributed by atoms with van der Waals surface area (Å²) in [5.41, 5.74) is 4.08. The van der Waals surface area contributed by atoms with E-state index >= 15 is 0 Å². The average molecular weight is 246 g/mol. The lowest BCUT2D eigenvalue weighted by Crippen LogP contribution is -2.26. The molecule has 2 nitrogen and oxygen atoms in total. The van der Waals surface area contributed by atoms with Crippen LogP contribution in [0.2, 0.25) is 0 Å². The molecule has 0 atom stereocenters. The molecule has 2 aliphatic rings. The normalized spacial score (nSPS) is 20.4. The molecule has 1 aliphatic carbocycles. The Kier molecular flexibility index (Phi) is 2.50. The van der Waals surface area contributed by atoms with E-state index < -0.39 is 0 Å². The third kappa shape index (κ3) is 1.66. The van der Waals surface area contributed by atoms with Crippen LogP contribution in [-0.4, -0.2) is 13.7 Å². The molecule has 2 heteroatoms. The fourth-order valence-corrected chi connectivity index (χ4v) is 3.03. The van der Waals surface area contributed by atoms with Crippen LogP contribution in [-0.2, 0) is 15.8 Å². The zero-order valence-corrected chi connectivity index (χ0v) is 11.8. The van der Waals surface area contributed by atoms with Gasteiger partial charge in [0.25, 0.3) is 0 Å². The molecule has 0 aromatic heterocycles. The standard InChI is InChI=1S/C16H22O2/c1-11-9-12(15(2,3)17-4)14-13(10-11)16(5-6-16)7-8-18-14/h9-10H,5-8H2,1-4H3. The second-order valence-corrected chi connectivity index (χ2v) is 6.28. The number of benzene rings is 1. The molecule has 0 saturated heterocycles. The highest BCUT2D eigenvalue weighted by molar-refractivity contribution is 5.53. The van der Waals surface area contributed by atoms with Gasteiger partial charge in [0.1, 0.15) is 5.75 Å². The van der Waals surface area contributed by atoms with Gasteiger partial charge < -0.3 is 9.47 Å². The van der Waals surface area contributed by atoms with E-state index in [2.05, 4.69) is 32.9 Å². The lowest BCUT2D eigenvalue weighted by atomic mass is 9.83. The molecule has 1 spiro atoms. The van der Waals surface area contributed by atoms with Crippen molar-refractivity contribution in [3.05, 3.63) is 28.8 Å². The third-order valence-corrected chi connectivity index (χ3v) is 4.64. The molecule has 0 unspecified atom stereocenters. The summed E-state index contributed by atoms with van der Waals surface area (Å²) < 4.78 is 11.6. The molecule has 1 heterocycles. The molecule has 1 saturated carbocycles. The van der Waals surface area contributed by atoms with Crippen LogP contribution in [0.1, 0.15) is 49.8 Å². The molecule has 0 amide bonds. The molecule has 1 aromatic rings. The smallest absolute Gasteiger partial charge is 0.129 e. The second-order valence-electron chi connectivity index (χ2n) is 6.28. The van der Waals surface area contributed by atoms with Gasteiger partial charge >= 0.3 is 0 Å². The van der Waals surface area contributed by atoms with Crippen LogP contribution < -0.4 is 4.74 Å². The fraction of sp³-hybridized carbons (Fsp3) is 0.625. The lowest BCUT2D eigenvalue weighted by molar-refractivity contribution is 0.0160. The number of aryl methyl sites for hydroxylation is 1. The Balaban J connectivity index is 2.19. The van der Waals surface area contributed by atoms with Crippen LogP contribution >= 0.6 is 0 Å². The lowest BCUT2D eigenvalue weighted by Gasteiger charge is -2.33. The molecule has 0 bridgehead atoms. The largest absolute Gasteiger partial charge is 0.493 e. The van der Waals surface area contributed by atoms with Crippen molar-refractivity contribution in [1.29, 1.82) is 0 Å². The fourth-order valence-electron chi connectivity index (χ4n) is 3.03. The zero-order chi connectivity index (χ0) is 13.0. The van der Waals surface area contributed by atoms with Crippen LogP contribution in [0, 0.1) is 6.92 Å². The van der Waals surface area contributed by atoms with Crippen LogP contribution in [0.4, 0.5) is 0 Å². The van der Waals surface area contributed by atoms with Crippen molar-refractivity contribution in [2.24, 2.45) is 0 Å². The van der Waals surface area contributed by atoms with E-state index in [0.29, 0.717) is 5.41 Å². The monoisotopic (exact) mass is 246 g/mol. The number of fused-ring (bicyclic) bond motifs is 2. The van der Waals surface area contributed by atoms with Crippen molar-refractivity contribution in [2.45, 2.75) is 51.0 Å². The Bertz CT molecular complexity index is 484. The summed E-state index contributed by atoms with van der Waals surface area (Å²) in [6, 6.07) is 4.53. The molecule has 1 aliphatic heterocycles. The maximum Gasteiger partial charge on any atom is 0.129 e. The van der Waals surface area contributed by atoms with Gasteiger partial charge in [-0.2, -0.15) is 0 Å².